The van der Waals surface area contributed by atoms with Crippen LogP contribution in [0.1, 0.15) is 22.8 Å². The molecule has 3 N–H and O–H groups in total. The Hall–Kier alpha value is -3.60. The van der Waals surface area contributed by atoms with Gasteiger partial charge in [-0.15, -0.1) is 0 Å². The molecule has 0 aliphatic carbocycles. The summed E-state index contributed by atoms with van der Waals surface area (Å²) >= 11 is 0. The number of nitrogens with one attached hydrogen (secondary N) is 1. The number of hydrogen-bond donors (Lipinski definition) is 2. The molecule has 3 amide bonds. The Morgan fingerprint density at radius 2 is 1.87 bits per heavy atom. The third-order valence-electron chi connectivity index (χ3n) is 4.72. The van der Waals surface area contributed by atoms with Gasteiger partial charge in [0.2, 0.25) is 0 Å². The molecular formula is C20H21N3O7S. The van der Waals surface area contributed by atoms with E-state index in [1.165, 1.54) is 30.5 Å². The van der Waals surface area contributed by atoms with Gasteiger partial charge in [0.05, 0.1) is 17.7 Å². The average Bonchev–Trinajstić information content (AvgIpc) is 3.17. The topological polar surface area (TPSA) is 145 Å². The molecule has 31 heavy (non-hydrogen) atoms. The predicted molar refractivity (Wildman–Crippen MR) is 110 cm³/mol. The lowest BCUT2D eigenvalue weighted by Crippen LogP contribution is -2.42. The van der Waals surface area contributed by atoms with Gasteiger partial charge in [-0.05, 0) is 43.2 Å². The zero-order chi connectivity index (χ0) is 22.8. The monoisotopic (exact) mass is 447 g/mol. The summed E-state index contributed by atoms with van der Waals surface area (Å²) in [4.78, 5) is 35.1. The molecule has 10 nitrogen and oxygen atoms in total. The van der Waals surface area contributed by atoms with Gasteiger partial charge in [-0.2, -0.15) is 0 Å². The van der Waals surface area contributed by atoms with E-state index in [0.717, 1.165) is 11.6 Å². The Morgan fingerprint density at radius 1 is 1.16 bits per heavy atom. The Balaban J connectivity index is 1.91. The van der Waals surface area contributed by atoms with Crippen molar-refractivity contribution in [3.8, 4) is 5.75 Å². The summed E-state index contributed by atoms with van der Waals surface area (Å²) in [6.45, 7) is 1.52. The number of primary amides is 1. The van der Waals surface area contributed by atoms with E-state index in [1.54, 1.807) is 17.4 Å². The highest BCUT2D eigenvalue weighted by atomic mass is 32.2. The smallest absolute Gasteiger partial charge is 0.342 e. The molecule has 0 bridgehead atoms. The van der Waals surface area contributed by atoms with Crippen LogP contribution in [0, 0.1) is 0 Å². The minimum absolute atomic E-state index is 0.0632. The predicted octanol–water partition coefficient (Wildman–Crippen LogP) is 1.19. The lowest BCUT2D eigenvalue weighted by atomic mass is 10.2. The quantitative estimate of drug-likeness (QED) is 0.633. The normalized spacial score (nSPS) is 13.8. The highest BCUT2D eigenvalue weighted by Gasteiger charge is 2.32. The van der Waals surface area contributed by atoms with Crippen LogP contribution in [-0.4, -0.2) is 46.1 Å². The van der Waals surface area contributed by atoms with Gasteiger partial charge in [-0.1, -0.05) is 18.2 Å². The molecule has 0 unspecified atom stereocenters. The molecule has 0 spiro atoms. The standard InChI is InChI=1S/C20H21N3O7S/c1-12(18(24)22-20(21)26)30-19(25)15-11-14(7-8-17(15)29-2)31(27,28)23-10-9-13-5-3-4-6-16(13)23/h3-8,11-12H,9-10H2,1-2H3,(H3,21,22,24,26)/t12-/m0/s1. The Kier molecular flexibility index (Phi) is 6.16. The van der Waals surface area contributed by atoms with Crippen molar-refractivity contribution in [2.75, 3.05) is 18.0 Å². The number of urea groups is 1. The SMILES string of the molecule is COc1ccc(S(=O)(=O)N2CCc3ccccc32)cc1C(=O)O[C@@H](C)C(=O)NC(N)=O. The maximum Gasteiger partial charge on any atom is 0.342 e. The fourth-order valence-corrected chi connectivity index (χ4v) is 4.72. The van der Waals surface area contributed by atoms with Crippen molar-refractivity contribution >= 4 is 33.6 Å². The number of fused-ring (bicyclic) bond motifs is 1. The first-order valence-corrected chi connectivity index (χ1v) is 10.7. The second kappa shape index (κ2) is 8.64. The van der Waals surface area contributed by atoms with Crippen LogP contribution in [0.5, 0.6) is 5.75 Å². The first-order chi connectivity index (χ1) is 14.6. The minimum atomic E-state index is -3.96. The molecule has 0 saturated heterocycles. The van der Waals surface area contributed by atoms with E-state index in [1.807, 2.05) is 12.1 Å². The summed E-state index contributed by atoms with van der Waals surface area (Å²) in [6, 6.07) is 9.88. The number of anilines is 1. The van der Waals surface area contributed by atoms with E-state index in [9.17, 15) is 22.8 Å². The molecule has 0 aromatic heterocycles. The van der Waals surface area contributed by atoms with Crippen molar-refractivity contribution in [2.45, 2.75) is 24.3 Å². The van der Waals surface area contributed by atoms with Crippen LogP contribution in [0.3, 0.4) is 0 Å². The Morgan fingerprint density at radius 3 is 2.55 bits per heavy atom. The number of para-hydroxylation sites is 1. The molecule has 1 heterocycles. The maximum absolute atomic E-state index is 13.2. The number of esters is 1. The summed E-state index contributed by atoms with van der Waals surface area (Å²) in [5, 5.41) is 1.80. The van der Waals surface area contributed by atoms with Gasteiger partial charge < -0.3 is 15.2 Å². The number of benzene rings is 2. The third kappa shape index (κ3) is 4.45. The van der Waals surface area contributed by atoms with Gasteiger partial charge in [0.25, 0.3) is 15.9 Å². The van der Waals surface area contributed by atoms with Crippen LogP contribution in [0.2, 0.25) is 0 Å². The van der Waals surface area contributed by atoms with E-state index in [-0.39, 0.29) is 22.8 Å². The van der Waals surface area contributed by atoms with Gasteiger partial charge in [-0.25, -0.2) is 18.0 Å². The van der Waals surface area contributed by atoms with Crippen LogP contribution >= 0.6 is 0 Å². The first kappa shape index (κ1) is 22.1. The van der Waals surface area contributed by atoms with Crippen LogP contribution in [-0.2, 0) is 26.0 Å². The number of imide groups is 1. The van der Waals surface area contributed by atoms with Gasteiger partial charge >= 0.3 is 12.0 Å². The summed E-state index contributed by atoms with van der Waals surface area (Å²) in [6.07, 6.45) is -0.775. The van der Waals surface area contributed by atoms with E-state index in [0.29, 0.717) is 12.1 Å². The van der Waals surface area contributed by atoms with E-state index < -0.39 is 34.0 Å². The van der Waals surface area contributed by atoms with Crippen LogP contribution < -0.4 is 20.1 Å². The minimum Gasteiger partial charge on any atom is -0.496 e. The third-order valence-corrected chi connectivity index (χ3v) is 6.53. The zero-order valence-electron chi connectivity index (χ0n) is 16.8. The van der Waals surface area contributed by atoms with Crippen molar-refractivity contribution in [1.29, 1.82) is 0 Å². The van der Waals surface area contributed by atoms with E-state index in [2.05, 4.69) is 0 Å². The number of nitrogens with two attached hydrogens (primary N) is 1. The molecule has 2 aromatic rings. The van der Waals surface area contributed by atoms with Gasteiger partial charge in [0, 0.05) is 6.54 Å². The fraction of sp³-hybridized carbons (Fsp3) is 0.250. The second-order valence-electron chi connectivity index (χ2n) is 6.72. The van der Waals surface area contributed by atoms with Crippen molar-refractivity contribution in [1.82, 2.24) is 5.32 Å². The van der Waals surface area contributed by atoms with Crippen molar-refractivity contribution in [3.05, 3.63) is 53.6 Å². The Labute approximate surface area is 179 Å². The lowest BCUT2D eigenvalue weighted by molar-refractivity contribution is -0.127. The molecule has 0 saturated carbocycles. The molecule has 1 aliphatic rings. The van der Waals surface area contributed by atoms with Crippen molar-refractivity contribution in [3.63, 3.8) is 0 Å². The number of ether oxygens (including phenoxy) is 2. The summed E-state index contributed by atoms with van der Waals surface area (Å²) < 4.78 is 37.9. The van der Waals surface area contributed by atoms with Crippen LogP contribution in [0.4, 0.5) is 10.5 Å². The largest absolute Gasteiger partial charge is 0.496 e. The highest BCUT2D eigenvalue weighted by molar-refractivity contribution is 7.92. The number of rotatable bonds is 6. The number of sulfonamides is 1. The Bertz CT molecular complexity index is 1150. The summed E-state index contributed by atoms with van der Waals surface area (Å²) in [5.41, 5.74) is 6.19. The van der Waals surface area contributed by atoms with Crippen molar-refractivity contribution < 1.29 is 32.3 Å². The average molecular weight is 447 g/mol. The number of hydrogen-bond acceptors (Lipinski definition) is 7. The van der Waals surface area contributed by atoms with E-state index >= 15 is 0 Å². The molecule has 0 radical (unpaired) electrons. The molecule has 1 aliphatic heterocycles. The maximum atomic E-state index is 13.2. The highest BCUT2D eigenvalue weighted by Crippen LogP contribution is 2.34. The molecular weight excluding hydrogens is 426 g/mol. The number of carbonyl (C=O) groups is 3. The fourth-order valence-electron chi connectivity index (χ4n) is 3.19. The second-order valence-corrected chi connectivity index (χ2v) is 8.58. The zero-order valence-corrected chi connectivity index (χ0v) is 17.6. The number of methoxy groups -OCH3 is 1. The van der Waals surface area contributed by atoms with Crippen LogP contribution in [0.15, 0.2) is 47.4 Å². The first-order valence-electron chi connectivity index (χ1n) is 9.25. The number of nitrogens with zero attached hydrogens (tertiary/aromatic N) is 1. The van der Waals surface area contributed by atoms with Gasteiger partial charge in [0.15, 0.2) is 6.10 Å². The molecule has 0 fully saturated rings. The summed E-state index contributed by atoms with van der Waals surface area (Å²) in [7, 11) is -2.66. The lowest BCUT2D eigenvalue weighted by Gasteiger charge is -2.20. The molecule has 164 valence electrons. The van der Waals surface area contributed by atoms with Crippen LogP contribution in [0.25, 0.3) is 0 Å². The molecule has 1 atom stereocenters. The van der Waals surface area contributed by atoms with E-state index in [4.69, 9.17) is 15.2 Å². The van der Waals surface area contributed by atoms with Crippen molar-refractivity contribution in [2.24, 2.45) is 5.73 Å². The molecule has 2 aromatic carbocycles. The van der Waals surface area contributed by atoms with Gasteiger partial charge in [-0.3, -0.25) is 14.4 Å². The summed E-state index contributed by atoms with van der Waals surface area (Å²) in [5.74, 6) is -1.85. The number of carbonyl (C=O) groups excluding carboxylic acids is 3. The van der Waals surface area contributed by atoms with Gasteiger partial charge in [0.1, 0.15) is 11.3 Å². The molecule has 3 rings (SSSR count). The molecule has 11 heteroatoms. The number of amides is 3.